The highest BCUT2D eigenvalue weighted by Gasteiger charge is 2.23. The fourth-order valence-corrected chi connectivity index (χ4v) is 3.60. The van der Waals surface area contributed by atoms with Gasteiger partial charge in [0.1, 0.15) is 23.6 Å². The molecule has 1 aliphatic rings. The van der Waals surface area contributed by atoms with Gasteiger partial charge in [0.05, 0.1) is 12.8 Å². The number of carbonyl (C=O) groups is 1. The number of anilines is 1. The molecule has 0 N–H and O–H groups in total. The number of methoxy groups -OCH3 is 1. The number of benzene rings is 1. The first-order valence-electron chi connectivity index (χ1n) is 10.2. The number of rotatable bonds is 6. The first-order chi connectivity index (χ1) is 15.0. The van der Waals surface area contributed by atoms with E-state index in [1.54, 1.807) is 19.5 Å². The monoisotopic (exact) mass is 422 g/mol. The van der Waals surface area contributed by atoms with E-state index in [2.05, 4.69) is 20.0 Å². The van der Waals surface area contributed by atoms with Gasteiger partial charge >= 0.3 is 0 Å². The Labute approximate surface area is 181 Å². The highest BCUT2D eigenvalue weighted by molar-refractivity contribution is 5.78. The molecular formula is C22H26N6O3. The molecule has 1 saturated heterocycles. The van der Waals surface area contributed by atoms with Gasteiger partial charge in [-0.1, -0.05) is 6.07 Å². The predicted molar refractivity (Wildman–Crippen MR) is 116 cm³/mol. The number of hydrogen-bond acceptors (Lipinski definition) is 7. The highest BCUT2D eigenvalue weighted by atomic mass is 16.5. The highest BCUT2D eigenvalue weighted by Crippen LogP contribution is 2.20. The van der Waals surface area contributed by atoms with E-state index < -0.39 is 0 Å². The molecule has 3 aromatic rings. The Morgan fingerprint density at radius 1 is 1.00 bits per heavy atom. The zero-order chi connectivity index (χ0) is 21.8. The van der Waals surface area contributed by atoms with E-state index in [1.807, 2.05) is 53.8 Å². The second-order valence-corrected chi connectivity index (χ2v) is 7.41. The molecule has 0 radical (unpaired) electrons. The summed E-state index contributed by atoms with van der Waals surface area (Å²) < 4.78 is 12.6. The van der Waals surface area contributed by atoms with Crippen molar-refractivity contribution >= 4 is 11.7 Å². The molecule has 2 aromatic heterocycles. The lowest BCUT2D eigenvalue weighted by Gasteiger charge is -2.35. The van der Waals surface area contributed by atoms with Gasteiger partial charge in [0.2, 0.25) is 0 Å². The molecule has 0 spiro atoms. The Hall–Kier alpha value is -3.62. The van der Waals surface area contributed by atoms with Gasteiger partial charge in [-0.3, -0.25) is 4.79 Å². The number of carbonyl (C=O) groups excluding carboxylic acids is 1. The van der Waals surface area contributed by atoms with Crippen molar-refractivity contribution in [3.8, 4) is 17.3 Å². The summed E-state index contributed by atoms with van der Waals surface area (Å²) in [6.45, 7) is 6.57. The lowest BCUT2D eigenvalue weighted by atomic mass is 10.3. The van der Waals surface area contributed by atoms with Crippen LogP contribution in [0.1, 0.15) is 11.4 Å². The van der Waals surface area contributed by atoms with Crippen molar-refractivity contribution in [2.24, 2.45) is 0 Å². The van der Waals surface area contributed by atoms with Gasteiger partial charge in [0, 0.05) is 44.0 Å². The molecule has 1 aliphatic heterocycles. The summed E-state index contributed by atoms with van der Waals surface area (Å²) in [5.74, 6) is 2.85. The van der Waals surface area contributed by atoms with E-state index in [-0.39, 0.29) is 12.5 Å². The van der Waals surface area contributed by atoms with E-state index in [4.69, 9.17) is 9.47 Å². The zero-order valence-electron chi connectivity index (χ0n) is 18.0. The maximum atomic E-state index is 12.6. The van der Waals surface area contributed by atoms with Gasteiger partial charge in [0.15, 0.2) is 12.4 Å². The fourth-order valence-electron chi connectivity index (χ4n) is 3.60. The van der Waals surface area contributed by atoms with Crippen molar-refractivity contribution < 1.29 is 14.3 Å². The number of amides is 1. The van der Waals surface area contributed by atoms with Crippen LogP contribution in [0.4, 0.5) is 5.82 Å². The number of aryl methyl sites for hydroxylation is 2. The Balaban J connectivity index is 1.33. The number of aromatic nitrogens is 4. The van der Waals surface area contributed by atoms with Crippen molar-refractivity contribution in [2.75, 3.05) is 44.8 Å². The molecule has 0 unspecified atom stereocenters. The van der Waals surface area contributed by atoms with E-state index in [0.717, 1.165) is 23.0 Å². The van der Waals surface area contributed by atoms with Crippen LogP contribution in [0.15, 0.2) is 42.7 Å². The Kier molecular flexibility index (Phi) is 6.01. The average molecular weight is 422 g/mol. The van der Waals surface area contributed by atoms with Crippen molar-refractivity contribution in [1.29, 1.82) is 0 Å². The number of piperazine rings is 1. The summed E-state index contributed by atoms with van der Waals surface area (Å²) in [5, 5.41) is 4.49. The normalized spacial score (nSPS) is 13.9. The molecule has 1 aromatic carbocycles. The van der Waals surface area contributed by atoms with Crippen LogP contribution in [-0.2, 0) is 4.79 Å². The molecule has 31 heavy (non-hydrogen) atoms. The minimum Gasteiger partial charge on any atom is -0.497 e. The second kappa shape index (κ2) is 9.03. The molecule has 162 valence electrons. The summed E-state index contributed by atoms with van der Waals surface area (Å²) >= 11 is 0. The van der Waals surface area contributed by atoms with Gasteiger partial charge in [0.25, 0.3) is 5.91 Å². The van der Waals surface area contributed by atoms with Crippen molar-refractivity contribution in [2.45, 2.75) is 13.8 Å². The third-order valence-electron chi connectivity index (χ3n) is 5.22. The molecule has 9 nitrogen and oxygen atoms in total. The van der Waals surface area contributed by atoms with Gasteiger partial charge in [-0.2, -0.15) is 5.10 Å². The minimum absolute atomic E-state index is 0.00273. The standard InChI is InChI=1S/C22H26N6O3/c1-16-11-17(2)28(25-16)21-13-20(23-15-24-21)26-7-9-27(10-8-26)22(29)14-31-19-6-4-5-18(12-19)30-3/h4-6,11-13,15H,7-10,14H2,1-3H3. The summed E-state index contributed by atoms with van der Waals surface area (Å²) in [6.07, 6.45) is 1.56. The number of hydrogen-bond donors (Lipinski definition) is 0. The van der Waals surface area contributed by atoms with Crippen LogP contribution in [0.5, 0.6) is 11.5 Å². The van der Waals surface area contributed by atoms with E-state index in [1.165, 1.54) is 0 Å². The van der Waals surface area contributed by atoms with Crippen LogP contribution in [0, 0.1) is 13.8 Å². The molecule has 1 amide bonds. The Morgan fingerprint density at radius 3 is 2.45 bits per heavy atom. The third kappa shape index (κ3) is 4.76. The molecular weight excluding hydrogens is 396 g/mol. The molecule has 4 rings (SSSR count). The maximum absolute atomic E-state index is 12.6. The first-order valence-corrected chi connectivity index (χ1v) is 10.2. The number of ether oxygens (including phenoxy) is 2. The molecule has 9 heteroatoms. The summed E-state index contributed by atoms with van der Waals surface area (Å²) in [7, 11) is 1.60. The van der Waals surface area contributed by atoms with E-state index in [9.17, 15) is 4.79 Å². The second-order valence-electron chi connectivity index (χ2n) is 7.41. The lowest BCUT2D eigenvalue weighted by molar-refractivity contribution is -0.133. The van der Waals surface area contributed by atoms with Crippen LogP contribution in [0.3, 0.4) is 0 Å². The van der Waals surface area contributed by atoms with Crippen molar-refractivity contribution in [3.63, 3.8) is 0 Å². The largest absolute Gasteiger partial charge is 0.497 e. The SMILES string of the molecule is COc1cccc(OCC(=O)N2CCN(c3cc(-n4nc(C)cc4C)ncn3)CC2)c1. The summed E-state index contributed by atoms with van der Waals surface area (Å²) in [4.78, 5) is 25.3. The lowest BCUT2D eigenvalue weighted by Crippen LogP contribution is -2.50. The summed E-state index contributed by atoms with van der Waals surface area (Å²) in [6, 6.07) is 11.2. The number of nitrogens with zero attached hydrogens (tertiary/aromatic N) is 6. The van der Waals surface area contributed by atoms with Crippen molar-refractivity contribution in [1.82, 2.24) is 24.6 Å². The van der Waals surface area contributed by atoms with Crippen LogP contribution in [0.2, 0.25) is 0 Å². The van der Waals surface area contributed by atoms with Crippen LogP contribution >= 0.6 is 0 Å². The minimum atomic E-state index is -0.0338. The van der Waals surface area contributed by atoms with E-state index >= 15 is 0 Å². The van der Waals surface area contributed by atoms with E-state index in [0.29, 0.717) is 37.7 Å². The van der Waals surface area contributed by atoms with Crippen LogP contribution in [-0.4, -0.2) is 70.5 Å². The topological polar surface area (TPSA) is 85.6 Å². The smallest absolute Gasteiger partial charge is 0.260 e. The van der Waals surface area contributed by atoms with Crippen LogP contribution < -0.4 is 14.4 Å². The Morgan fingerprint density at radius 2 is 1.74 bits per heavy atom. The van der Waals surface area contributed by atoms with Gasteiger partial charge in [-0.05, 0) is 32.0 Å². The zero-order valence-corrected chi connectivity index (χ0v) is 18.0. The molecule has 0 saturated carbocycles. The van der Waals surface area contributed by atoms with Crippen molar-refractivity contribution in [3.05, 3.63) is 54.1 Å². The molecule has 3 heterocycles. The summed E-state index contributed by atoms with van der Waals surface area (Å²) in [5.41, 5.74) is 1.97. The fraction of sp³-hybridized carbons (Fsp3) is 0.364. The predicted octanol–water partition coefficient (Wildman–Crippen LogP) is 2.02. The average Bonchev–Trinajstić information content (AvgIpc) is 3.15. The quantitative estimate of drug-likeness (QED) is 0.601. The molecule has 1 fully saturated rings. The maximum Gasteiger partial charge on any atom is 0.260 e. The first kappa shape index (κ1) is 20.6. The molecule has 0 atom stereocenters. The van der Waals surface area contributed by atoms with Gasteiger partial charge in [-0.25, -0.2) is 14.6 Å². The van der Waals surface area contributed by atoms with Gasteiger partial charge < -0.3 is 19.3 Å². The van der Waals surface area contributed by atoms with Gasteiger partial charge in [-0.15, -0.1) is 0 Å². The molecule has 0 bridgehead atoms. The molecule has 0 aliphatic carbocycles. The Bertz CT molecular complexity index is 1060. The van der Waals surface area contributed by atoms with Crippen LogP contribution in [0.25, 0.3) is 5.82 Å². The third-order valence-corrected chi connectivity index (χ3v) is 5.22.